The van der Waals surface area contributed by atoms with Gasteiger partial charge in [0.1, 0.15) is 18.0 Å². The van der Waals surface area contributed by atoms with Crippen LogP contribution >= 0.6 is 0 Å². The predicted molar refractivity (Wildman–Crippen MR) is 214 cm³/mol. The van der Waals surface area contributed by atoms with Gasteiger partial charge in [-0.1, -0.05) is 66.7 Å². The summed E-state index contributed by atoms with van der Waals surface area (Å²) in [6.45, 7) is 9.97. The van der Waals surface area contributed by atoms with E-state index in [1.807, 2.05) is 78.9 Å². The third kappa shape index (κ3) is 11.4. The summed E-state index contributed by atoms with van der Waals surface area (Å²) in [7, 11) is 0. The van der Waals surface area contributed by atoms with Crippen molar-refractivity contribution >= 4 is 18.0 Å². The second kappa shape index (κ2) is 19.2. The van der Waals surface area contributed by atoms with Crippen molar-refractivity contribution in [2.24, 2.45) is 0 Å². The highest BCUT2D eigenvalue weighted by molar-refractivity contribution is 5.90. The van der Waals surface area contributed by atoms with Crippen molar-refractivity contribution in [1.82, 2.24) is 20.1 Å². The predicted octanol–water partition coefficient (Wildman–Crippen LogP) is 6.05. The van der Waals surface area contributed by atoms with Gasteiger partial charge in [-0.15, -0.1) is 0 Å². The Morgan fingerprint density at radius 2 is 1.68 bits per heavy atom. The summed E-state index contributed by atoms with van der Waals surface area (Å²) in [6, 6.07) is 27.4. The molecule has 2 heterocycles. The molecule has 0 spiro atoms. The van der Waals surface area contributed by atoms with Crippen LogP contribution in [0.15, 0.2) is 103 Å². The van der Waals surface area contributed by atoms with E-state index < -0.39 is 35.5 Å². The molecule has 12 heteroatoms. The van der Waals surface area contributed by atoms with Crippen LogP contribution in [-0.4, -0.2) is 95.1 Å². The van der Waals surface area contributed by atoms with Crippen LogP contribution in [0.4, 0.5) is 4.79 Å². The molecule has 2 amide bonds. The molecule has 57 heavy (non-hydrogen) atoms. The number of nitrogens with zero attached hydrogens (tertiary/aromatic N) is 3. The van der Waals surface area contributed by atoms with E-state index in [0.717, 1.165) is 55.1 Å². The van der Waals surface area contributed by atoms with Gasteiger partial charge in [-0.3, -0.25) is 19.6 Å². The largest absolute Gasteiger partial charge is 0.492 e. The molecule has 1 aromatic heterocycles. The number of aryl methyl sites for hydroxylation is 1. The molecule has 2 N–H and O–H groups in total. The molecule has 3 aromatic carbocycles. The highest BCUT2D eigenvalue weighted by atomic mass is 16.6. The zero-order valence-corrected chi connectivity index (χ0v) is 33.1. The number of amides is 2. The van der Waals surface area contributed by atoms with Gasteiger partial charge < -0.3 is 29.4 Å². The number of aromatic nitrogens is 1. The molecule has 2 aliphatic rings. The fraction of sp³-hybridized carbons (Fsp3) is 0.422. The van der Waals surface area contributed by atoms with Gasteiger partial charge in [-0.05, 0) is 81.0 Å². The molecule has 3 atom stereocenters. The van der Waals surface area contributed by atoms with E-state index in [4.69, 9.17) is 18.9 Å². The maximum Gasteiger partial charge on any atom is 0.407 e. The Balaban J connectivity index is 1.26. The summed E-state index contributed by atoms with van der Waals surface area (Å²) in [4.78, 5) is 49.6. The molecule has 302 valence electrons. The number of aliphatic hydroxyl groups excluding tert-OH is 1. The fourth-order valence-electron chi connectivity index (χ4n) is 7.32. The third-order valence-electron chi connectivity index (χ3n) is 10.2. The molecule has 1 aliphatic carbocycles. The molecule has 1 fully saturated rings. The molecule has 0 unspecified atom stereocenters. The van der Waals surface area contributed by atoms with Crippen LogP contribution in [0.25, 0.3) is 0 Å². The molecule has 0 saturated carbocycles. The fourth-order valence-corrected chi connectivity index (χ4v) is 7.32. The van der Waals surface area contributed by atoms with Crippen LogP contribution in [0.2, 0.25) is 0 Å². The lowest BCUT2D eigenvalue weighted by atomic mass is 9.96. The molecule has 1 saturated heterocycles. The molecule has 6 rings (SSSR count). The lowest BCUT2D eigenvalue weighted by Crippen LogP contribution is -2.51. The van der Waals surface area contributed by atoms with E-state index in [2.05, 4.69) is 15.2 Å². The van der Waals surface area contributed by atoms with Gasteiger partial charge in [-0.2, -0.15) is 0 Å². The molecule has 0 radical (unpaired) electrons. The van der Waals surface area contributed by atoms with E-state index in [1.54, 1.807) is 44.0 Å². The van der Waals surface area contributed by atoms with Crippen LogP contribution in [0, 0.1) is 0 Å². The van der Waals surface area contributed by atoms with Crippen molar-refractivity contribution in [2.45, 2.75) is 82.9 Å². The number of aliphatic hydroxyl groups is 1. The number of esters is 1. The lowest BCUT2D eigenvalue weighted by Gasteiger charge is -2.41. The summed E-state index contributed by atoms with van der Waals surface area (Å²) in [5.74, 6) is -0.226. The van der Waals surface area contributed by atoms with Crippen LogP contribution in [-0.2, 0) is 44.1 Å². The van der Waals surface area contributed by atoms with Crippen molar-refractivity contribution in [2.75, 3.05) is 39.5 Å². The van der Waals surface area contributed by atoms with E-state index in [-0.39, 0.29) is 30.9 Å². The van der Waals surface area contributed by atoms with Gasteiger partial charge in [0, 0.05) is 57.0 Å². The first-order valence-electron chi connectivity index (χ1n) is 19.7. The molecule has 1 aliphatic heterocycles. The minimum absolute atomic E-state index is 0.0207. The first-order chi connectivity index (χ1) is 27.5. The number of nitrogens with one attached hydrogen (secondary N) is 1. The Hall–Kier alpha value is -5.30. The molecular weight excluding hydrogens is 725 g/mol. The summed E-state index contributed by atoms with van der Waals surface area (Å²) >= 11 is 0. The van der Waals surface area contributed by atoms with E-state index in [0.29, 0.717) is 31.6 Å². The summed E-state index contributed by atoms with van der Waals surface area (Å²) in [6.07, 6.45) is 2.42. The minimum atomic E-state index is -1.45. The van der Waals surface area contributed by atoms with Gasteiger partial charge >= 0.3 is 12.1 Å². The average molecular weight is 779 g/mol. The number of carbonyl (C=O) groups is 3. The van der Waals surface area contributed by atoms with Crippen LogP contribution < -0.4 is 10.1 Å². The lowest BCUT2D eigenvalue weighted by molar-refractivity contribution is -0.167. The van der Waals surface area contributed by atoms with Gasteiger partial charge in [0.15, 0.2) is 0 Å². The summed E-state index contributed by atoms with van der Waals surface area (Å²) < 4.78 is 23.5. The van der Waals surface area contributed by atoms with Crippen molar-refractivity contribution < 1.29 is 38.4 Å². The number of ether oxygens (including phenoxy) is 4. The maximum atomic E-state index is 14.8. The Morgan fingerprint density at radius 3 is 2.40 bits per heavy atom. The molecular formula is C45H54N4O8. The number of alkyl carbamates (subject to hydrolysis) is 1. The number of rotatable bonds is 16. The number of morpholine rings is 1. The second-order valence-electron chi connectivity index (χ2n) is 15.5. The average Bonchev–Trinajstić information content (AvgIpc) is 3.58. The Bertz CT molecular complexity index is 1920. The maximum absolute atomic E-state index is 14.8. The topological polar surface area (TPSA) is 140 Å². The standard InChI is InChI=1S/C45H54N4O8/c1-44(2,3)57-43(53)47-39(30-33-10-5-4-6-11-33)40(50)19-20-41(51)49(32-34-15-17-37(18-16-34)55-29-26-48-24-27-54-28-25-48)45(22-21-35-12-7-8-14-38(35)45)56-42(52)36-13-9-23-46-31-36/h4-18,23,31,39-40,50H,19-22,24-30,32H2,1-3H3,(H,47,53)/t39-,40-,45-/m0/s1. The number of pyridine rings is 1. The first kappa shape index (κ1) is 41.3. The first-order valence-corrected chi connectivity index (χ1v) is 19.7. The zero-order valence-electron chi connectivity index (χ0n) is 33.1. The summed E-state index contributed by atoms with van der Waals surface area (Å²) in [5, 5.41) is 14.5. The van der Waals surface area contributed by atoms with Crippen molar-refractivity contribution in [3.05, 3.63) is 131 Å². The second-order valence-corrected chi connectivity index (χ2v) is 15.5. The Labute approximate surface area is 335 Å². The quantitative estimate of drug-likeness (QED) is 0.102. The van der Waals surface area contributed by atoms with Crippen LogP contribution in [0.5, 0.6) is 5.75 Å². The molecule has 0 bridgehead atoms. The zero-order chi connectivity index (χ0) is 40.3. The van der Waals surface area contributed by atoms with E-state index in [9.17, 15) is 19.5 Å². The van der Waals surface area contributed by atoms with Crippen molar-refractivity contribution in [3.63, 3.8) is 0 Å². The van der Waals surface area contributed by atoms with Crippen molar-refractivity contribution in [3.8, 4) is 5.75 Å². The van der Waals surface area contributed by atoms with E-state index in [1.165, 1.54) is 6.20 Å². The number of benzene rings is 3. The highest BCUT2D eigenvalue weighted by Crippen LogP contribution is 2.44. The Morgan fingerprint density at radius 1 is 0.947 bits per heavy atom. The molecule has 4 aromatic rings. The Kier molecular flexibility index (Phi) is 13.9. The minimum Gasteiger partial charge on any atom is -0.492 e. The van der Waals surface area contributed by atoms with Crippen LogP contribution in [0.3, 0.4) is 0 Å². The highest BCUT2D eigenvalue weighted by Gasteiger charge is 2.49. The third-order valence-corrected chi connectivity index (χ3v) is 10.2. The SMILES string of the molecule is CC(C)(C)OC(=O)N[C@@H](Cc1ccccc1)[C@@H](O)CCC(=O)N(Cc1ccc(OCCN2CCOCC2)cc1)[C@]1(OC(=O)c2cccnc2)CCc2ccccc21. The van der Waals surface area contributed by atoms with Crippen LogP contribution in [0.1, 0.15) is 72.6 Å². The van der Waals surface area contributed by atoms with Gasteiger partial charge in [0.05, 0.1) is 30.9 Å². The van der Waals surface area contributed by atoms with Gasteiger partial charge in [-0.25, -0.2) is 9.59 Å². The number of carbonyl (C=O) groups excluding carboxylic acids is 3. The summed E-state index contributed by atoms with van der Waals surface area (Å²) in [5.41, 5.74) is 1.49. The number of hydrogen-bond donors (Lipinski definition) is 2. The smallest absolute Gasteiger partial charge is 0.407 e. The monoisotopic (exact) mass is 778 g/mol. The van der Waals surface area contributed by atoms with Gasteiger partial charge in [0.25, 0.3) is 0 Å². The normalized spacial score (nSPS) is 17.8. The van der Waals surface area contributed by atoms with Crippen molar-refractivity contribution in [1.29, 1.82) is 0 Å². The van der Waals surface area contributed by atoms with E-state index >= 15 is 0 Å². The number of hydrogen-bond acceptors (Lipinski definition) is 10. The molecule has 12 nitrogen and oxygen atoms in total. The van der Waals surface area contributed by atoms with Gasteiger partial charge in [0.2, 0.25) is 11.6 Å². The number of fused-ring (bicyclic) bond motifs is 1.